The van der Waals surface area contributed by atoms with E-state index in [-0.39, 0.29) is 52.4 Å². The Morgan fingerprint density at radius 1 is 1.12 bits per heavy atom. The van der Waals surface area contributed by atoms with Gasteiger partial charge in [0.15, 0.2) is 23.1 Å². The third kappa shape index (κ3) is 4.03. The summed E-state index contributed by atoms with van der Waals surface area (Å²) < 4.78 is 11.3. The number of nitrogens with one attached hydrogen (secondary N) is 1. The normalized spacial score (nSPS) is 21.0. The molecule has 1 heterocycles. The zero-order chi connectivity index (χ0) is 29.2. The second-order valence-electron chi connectivity index (χ2n) is 10.9. The average molecular weight is 554 g/mol. The third-order valence-electron chi connectivity index (χ3n) is 8.22. The van der Waals surface area contributed by atoms with Crippen LogP contribution >= 0.6 is 0 Å². The molecule has 1 saturated carbocycles. The number of carbonyl (C=O) groups excluding carboxylic acids is 5. The van der Waals surface area contributed by atoms with E-state index in [9.17, 15) is 29.1 Å². The number of phenolic OH excluding ortho intramolecular Hbond substituents is 1. The molecule has 1 aliphatic heterocycles. The van der Waals surface area contributed by atoms with Crippen LogP contribution in [0.25, 0.3) is 10.8 Å². The van der Waals surface area contributed by atoms with Gasteiger partial charge in [0.05, 0.1) is 12.7 Å². The molecule has 41 heavy (non-hydrogen) atoms. The number of fused-ring (bicyclic) bond motifs is 4. The number of methoxy groups -OCH3 is 1. The summed E-state index contributed by atoms with van der Waals surface area (Å²) in [6.07, 6.45) is 2.83. The summed E-state index contributed by atoms with van der Waals surface area (Å²) >= 11 is 0. The zero-order valence-corrected chi connectivity index (χ0v) is 22.7. The molecule has 1 unspecified atom stereocenters. The van der Waals surface area contributed by atoms with Crippen molar-refractivity contribution >= 4 is 39.8 Å². The van der Waals surface area contributed by atoms with Crippen molar-refractivity contribution in [1.82, 2.24) is 5.32 Å². The Balaban J connectivity index is 1.40. The molecule has 9 heteroatoms. The van der Waals surface area contributed by atoms with Crippen molar-refractivity contribution in [1.29, 1.82) is 0 Å². The highest BCUT2D eigenvalue weighted by Gasteiger charge is 2.58. The summed E-state index contributed by atoms with van der Waals surface area (Å²) in [6.45, 7) is 2.68. The molecular formula is C32H27NO8. The first-order chi connectivity index (χ1) is 19.6. The fraction of sp³-hybridized carbons (Fsp3) is 0.281. The molecule has 9 nitrogen and oxygen atoms in total. The van der Waals surface area contributed by atoms with Gasteiger partial charge in [-0.3, -0.25) is 24.0 Å². The Morgan fingerprint density at radius 2 is 1.85 bits per heavy atom. The van der Waals surface area contributed by atoms with Gasteiger partial charge in [-0.2, -0.15) is 0 Å². The summed E-state index contributed by atoms with van der Waals surface area (Å²) in [6, 6.07) is 12.5. The number of phenols is 1. The molecule has 1 fully saturated rings. The minimum absolute atomic E-state index is 0.00832. The summed E-state index contributed by atoms with van der Waals surface area (Å²) in [5.74, 6) is -4.68. The van der Waals surface area contributed by atoms with Gasteiger partial charge in [-0.15, -0.1) is 0 Å². The molecule has 3 aromatic carbocycles. The average Bonchev–Trinajstić information content (AvgIpc) is 3.74. The maximum atomic E-state index is 13.7. The maximum Gasteiger partial charge on any atom is 0.259 e. The highest BCUT2D eigenvalue weighted by atomic mass is 16.5. The van der Waals surface area contributed by atoms with E-state index in [4.69, 9.17) is 9.47 Å². The van der Waals surface area contributed by atoms with Gasteiger partial charge < -0.3 is 19.9 Å². The van der Waals surface area contributed by atoms with Crippen LogP contribution in [0.2, 0.25) is 0 Å². The molecule has 2 N–H and O–H groups in total. The van der Waals surface area contributed by atoms with E-state index < -0.39 is 34.6 Å². The van der Waals surface area contributed by atoms with Crippen LogP contribution in [-0.2, 0) is 26.3 Å². The summed E-state index contributed by atoms with van der Waals surface area (Å²) in [5.41, 5.74) is -0.413. The quantitative estimate of drug-likeness (QED) is 0.331. The Kier molecular flexibility index (Phi) is 6.06. The molecule has 0 bridgehead atoms. The Morgan fingerprint density at radius 3 is 2.54 bits per heavy atom. The van der Waals surface area contributed by atoms with E-state index in [0.717, 1.165) is 42.2 Å². The molecule has 208 valence electrons. The highest BCUT2D eigenvalue weighted by Crippen LogP contribution is 2.56. The number of ketones is 4. The van der Waals surface area contributed by atoms with E-state index in [0.29, 0.717) is 5.56 Å². The number of rotatable bonds is 7. The van der Waals surface area contributed by atoms with Crippen molar-refractivity contribution in [3.8, 4) is 17.2 Å². The van der Waals surface area contributed by atoms with Crippen LogP contribution in [0.3, 0.4) is 0 Å². The topological polar surface area (TPSA) is 136 Å². The van der Waals surface area contributed by atoms with Crippen LogP contribution in [0, 0.1) is 11.8 Å². The number of hydrogen-bond acceptors (Lipinski definition) is 8. The Labute approximate surface area is 235 Å². The SMILES string of the molecule is COc1cc(O)c2c(c1C(=O)NCc1cc(C(=O)C3CC3)cc3ccccc13)OC1=CC(=O)C(C(C)=O)C(=O)[C@]12C. The molecule has 0 aromatic heterocycles. The second kappa shape index (κ2) is 9.40. The van der Waals surface area contributed by atoms with E-state index in [1.54, 1.807) is 6.07 Å². The first-order valence-corrected chi connectivity index (χ1v) is 13.3. The number of aromatic hydroxyl groups is 1. The van der Waals surface area contributed by atoms with Gasteiger partial charge in [-0.05, 0) is 55.2 Å². The van der Waals surface area contributed by atoms with Crippen molar-refractivity contribution in [2.24, 2.45) is 11.8 Å². The molecule has 1 amide bonds. The molecule has 2 aliphatic carbocycles. The lowest BCUT2D eigenvalue weighted by atomic mass is 9.67. The van der Waals surface area contributed by atoms with E-state index in [2.05, 4.69) is 5.32 Å². The highest BCUT2D eigenvalue weighted by molar-refractivity contribution is 6.27. The molecule has 0 spiro atoms. The fourth-order valence-electron chi connectivity index (χ4n) is 5.88. The van der Waals surface area contributed by atoms with Crippen LogP contribution in [-0.4, -0.2) is 41.3 Å². The number of benzene rings is 3. The number of Topliss-reactive ketones (excluding diaryl/α,β-unsaturated/α-hetero) is 3. The molecule has 3 aromatic rings. The van der Waals surface area contributed by atoms with Crippen LogP contribution in [0.1, 0.15) is 58.5 Å². The molecule has 6 rings (SSSR count). The minimum Gasteiger partial charge on any atom is -0.507 e. The summed E-state index contributed by atoms with van der Waals surface area (Å²) in [7, 11) is 1.32. The number of hydrogen-bond donors (Lipinski definition) is 2. The predicted molar refractivity (Wildman–Crippen MR) is 147 cm³/mol. The minimum atomic E-state index is -1.65. The fourth-order valence-corrected chi connectivity index (χ4v) is 5.88. The largest absolute Gasteiger partial charge is 0.507 e. The van der Waals surface area contributed by atoms with E-state index >= 15 is 0 Å². The molecule has 2 atom stereocenters. The zero-order valence-electron chi connectivity index (χ0n) is 22.7. The van der Waals surface area contributed by atoms with Crippen molar-refractivity contribution in [2.75, 3.05) is 7.11 Å². The summed E-state index contributed by atoms with van der Waals surface area (Å²) in [5, 5.41) is 15.6. The lowest BCUT2D eigenvalue weighted by Crippen LogP contribution is -2.47. The summed E-state index contributed by atoms with van der Waals surface area (Å²) in [4.78, 5) is 64.8. The van der Waals surface area contributed by atoms with Gasteiger partial charge >= 0.3 is 0 Å². The first kappa shape index (κ1) is 26.4. The molecule has 3 aliphatic rings. The maximum absolute atomic E-state index is 13.7. The smallest absolute Gasteiger partial charge is 0.259 e. The Bertz CT molecular complexity index is 1750. The molecular weight excluding hydrogens is 526 g/mol. The molecule has 0 saturated heterocycles. The van der Waals surface area contributed by atoms with Crippen LogP contribution < -0.4 is 14.8 Å². The van der Waals surface area contributed by atoms with Crippen molar-refractivity contribution in [3.63, 3.8) is 0 Å². The second-order valence-corrected chi connectivity index (χ2v) is 10.9. The van der Waals surface area contributed by atoms with E-state index in [1.165, 1.54) is 20.1 Å². The number of carbonyl (C=O) groups is 5. The van der Waals surface area contributed by atoms with Gasteiger partial charge in [-0.1, -0.05) is 24.3 Å². The molecule has 0 radical (unpaired) electrons. The third-order valence-corrected chi connectivity index (χ3v) is 8.22. The van der Waals surface area contributed by atoms with Gasteiger partial charge in [0.2, 0.25) is 0 Å². The van der Waals surface area contributed by atoms with Crippen molar-refractivity contribution in [3.05, 3.63) is 76.6 Å². The van der Waals surface area contributed by atoms with Crippen LogP contribution in [0.15, 0.2) is 54.3 Å². The number of allylic oxidation sites excluding steroid dienone is 2. The van der Waals surface area contributed by atoms with Crippen molar-refractivity contribution < 1.29 is 38.6 Å². The standard InChI is InChI=1S/C32H27NO8/c1-15(34)25-21(35)13-24-32(2,30(25)38)27-22(36)12-23(40-3)26(29(27)41-24)31(39)33-14-19-11-18(28(37)16-8-9-16)10-17-6-4-5-7-20(17)19/h4-7,10-13,16,25,36H,8-9,14H2,1-3H3,(H,33,39)/t25?,32-/m1/s1. The van der Waals surface area contributed by atoms with E-state index in [1.807, 2.05) is 30.3 Å². The van der Waals surface area contributed by atoms with Gasteiger partial charge in [0.25, 0.3) is 5.91 Å². The van der Waals surface area contributed by atoms with Crippen LogP contribution in [0.4, 0.5) is 0 Å². The Hall–Kier alpha value is -4.79. The van der Waals surface area contributed by atoms with Gasteiger partial charge in [0, 0.05) is 30.2 Å². The number of amides is 1. The lowest BCUT2D eigenvalue weighted by Gasteiger charge is -2.30. The van der Waals surface area contributed by atoms with Gasteiger partial charge in [0.1, 0.15) is 39.9 Å². The number of ether oxygens (including phenoxy) is 2. The van der Waals surface area contributed by atoms with Crippen molar-refractivity contribution in [2.45, 2.75) is 38.6 Å². The van der Waals surface area contributed by atoms with Crippen LogP contribution in [0.5, 0.6) is 17.2 Å². The van der Waals surface area contributed by atoms with Gasteiger partial charge in [-0.25, -0.2) is 0 Å². The lowest BCUT2D eigenvalue weighted by molar-refractivity contribution is -0.140. The monoisotopic (exact) mass is 553 g/mol. The predicted octanol–water partition coefficient (Wildman–Crippen LogP) is 3.97. The first-order valence-electron chi connectivity index (χ1n) is 13.3.